The van der Waals surface area contributed by atoms with E-state index < -0.39 is 39.6 Å². The minimum absolute atomic E-state index is 0.0587. The van der Waals surface area contributed by atoms with E-state index in [0.29, 0.717) is 0 Å². The van der Waals surface area contributed by atoms with Crippen LogP contribution in [-0.2, 0) is 14.8 Å². The molecule has 20 heavy (non-hydrogen) atoms. The lowest BCUT2D eigenvalue weighted by molar-refractivity contribution is 0.0199. The second-order valence-electron chi connectivity index (χ2n) is 3.70. The molecule has 0 radical (unpaired) electrons. The van der Waals surface area contributed by atoms with Gasteiger partial charge in [-0.15, -0.1) is 0 Å². The van der Waals surface area contributed by atoms with E-state index in [1.165, 1.54) is 6.92 Å². The average molecular weight is 313 g/mol. The molecule has 0 saturated carbocycles. The van der Waals surface area contributed by atoms with Gasteiger partial charge in [-0.25, -0.2) is 26.7 Å². The highest BCUT2D eigenvalue weighted by Crippen LogP contribution is 2.17. The number of aromatic carboxylic acids is 1. The van der Waals surface area contributed by atoms with Crippen LogP contribution in [0.5, 0.6) is 0 Å². The van der Waals surface area contributed by atoms with Crippen LogP contribution in [0.25, 0.3) is 0 Å². The molecule has 1 aromatic heterocycles. The van der Waals surface area contributed by atoms with E-state index in [4.69, 9.17) is 5.11 Å². The fourth-order valence-corrected chi connectivity index (χ4v) is 2.72. The lowest BCUT2D eigenvalue weighted by Gasteiger charge is -2.07. The Labute approximate surface area is 113 Å². The van der Waals surface area contributed by atoms with E-state index in [1.807, 2.05) is 0 Å². The molecular weight excluding hydrogens is 300 g/mol. The second-order valence-corrected chi connectivity index (χ2v) is 5.40. The highest BCUT2D eigenvalue weighted by Gasteiger charge is 2.27. The molecule has 8 nitrogen and oxygen atoms in total. The van der Waals surface area contributed by atoms with Crippen LogP contribution in [-0.4, -0.2) is 55.9 Å². The number of rotatable bonds is 8. The quantitative estimate of drug-likeness (QED) is 0.580. The number of carbonyl (C=O) groups is 1. The summed E-state index contributed by atoms with van der Waals surface area (Å²) in [5.74, 6) is -1.50. The minimum atomic E-state index is -4.12. The Kier molecular flexibility index (Phi) is 5.53. The summed E-state index contributed by atoms with van der Waals surface area (Å²) in [6.45, 7) is 0.0236. The van der Waals surface area contributed by atoms with E-state index in [1.54, 1.807) is 0 Å². The van der Waals surface area contributed by atoms with Gasteiger partial charge >= 0.3 is 5.97 Å². The van der Waals surface area contributed by atoms with Gasteiger partial charge in [-0.1, -0.05) is 0 Å². The molecule has 0 spiro atoms. The first-order valence-electron chi connectivity index (χ1n) is 5.39. The number of sulfonamides is 1. The summed E-state index contributed by atoms with van der Waals surface area (Å²) in [4.78, 5) is 10.4. The van der Waals surface area contributed by atoms with Gasteiger partial charge in [0.25, 0.3) is 6.43 Å². The smallest absolute Gasteiger partial charge is 0.357 e. The zero-order chi connectivity index (χ0) is 15.3. The molecule has 1 rings (SSSR count). The number of ether oxygens (including phenoxy) is 1. The number of aryl methyl sites for hydroxylation is 1. The lowest BCUT2D eigenvalue weighted by Crippen LogP contribution is -2.29. The summed E-state index contributed by atoms with van der Waals surface area (Å²) in [6, 6.07) is 0. The number of alkyl halides is 2. The van der Waals surface area contributed by atoms with Crippen LogP contribution in [0.2, 0.25) is 0 Å². The van der Waals surface area contributed by atoms with E-state index in [0.717, 1.165) is 0 Å². The molecule has 1 heterocycles. The van der Waals surface area contributed by atoms with Crippen molar-refractivity contribution in [2.75, 3.05) is 19.8 Å². The third-order valence-electron chi connectivity index (χ3n) is 2.14. The number of hydrogen-bond donors (Lipinski definition) is 3. The Hall–Kier alpha value is -1.59. The number of halogens is 2. The van der Waals surface area contributed by atoms with Gasteiger partial charge in [-0.2, -0.15) is 5.10 Å². The molecule has 0 atom stereocenters. The molecule has 1 aromatic rings. The van der Waals surface area contributed by atoms with Crippen molar-refractivity contribution in [1.82, 2.24) is 14.9 Å². The molecule has 0 amide bonds. The largest absolute Gasteiger partial charge is 0.476 e. The van der Waals surface area contributed by atoms with Crippen LogP contribution < -0.4 is 4.72 Å². The summed E-state index contributed by atoms with van der Waals surface area (Å²) < 4.78 is 53.9. The Balaban J connectivity index is 2.70. The number of aromatic nitrogens is 2. The monoisotopic (exact) mass is 313 g/mol. The summed E-state index contributed by atoms with van der Waals surface area (Å²) in [6.07, 6.45) is -2.64. The SMILES string of the molecule is Cc1[nH]nc(C(=O)O)c1S(=O)(=O)NCCOCC(F)F. The molecule has 0 aliphatic rings. The van der Waals surface area contributed by atoms with Gasteiger partial charge in [-0.05, 0) is 6.92 Å². The molecule has 0 saturated heterocycles. The number of carboxylic acids is 1. The summed E-state index contributed by atoms with van der Waals surface area (Å²) in [7, 11) is -4.12. The Morgan fingerprint density at radius 1 is 1.55 bits per heavy atom. The van der Waals surface area contributed by atoms with Crippen LogP contribution in [0.3, 0.4) is 0 Å². The standard InChI is InChI=1S/C9H13F2N3O5S/c1-5-8(7(9(15)16)14-13-5)20(17,18)12-2-3-19-4-6(10)11/h6,12H,2-4H2,1H3,(H,13,14)(H,15,16). The molecule has 0 bridgehead atoms. The predicted molar refractivity (Wildman–Crippen MR) is 62.3 cm³/mol. The van der Waals surface area contributed by atoms with Gasteiger partial charge in [-0.3, -0.25) is 5.10 Å². The van der Waals surface area contributed by atoms with Gasteiger partial charge in [0.1, 0.15) is 11.5 Å². The number of H-pyrrole nitrogens is 1. The highest BCUT2D eigenvalue weighted by atomic mass is 32.2. The third-order valence-corrected chi connectivity index (χ3v) is 3.77. The maximum atomic E-state index is 11.9. The van der Waals surface area contributed by atoms with E-state index in [-0.39, 0.29) is 18.8 Å². The van der Waals surface area contributed by atoms with Gasteiger partial charge in [0.15, 0.2) is 5.69 Å². The van der Waals surface area contributed by atoms with Crippen LogP contribution >= 0.6 is 0 Å². The maximum Gasteiger partial charge on any atom is 0.357 e. The van der Waals surface area contributed by atoms with Gasteiger partial charge in [0.05, 0.1) is 12.3 Å². The normalized spacial score (nSPS) is 12.0. The number of nitrogens with zero attached hydrogens (tertiary/aromatic N) is 1. The van der Waals surface area contributed by atoms with E-state index >= 15 is 0 Å². The molecule has 0 fully saturated rings. The molecule has 3 N–H and O–H groups in total. The predicted octanol–water partition coefficient (Wildman–Crippen LogP) is -0.0237. The van der Waals surface area contributed by atoms with Crippen LogP contribution in [0.1, 0.15) is 16.2 Å². The van der Waals surface area contributed by atoms with Crippen molar-refractivity contribution < 1.29 is 31.8 Å². The van der Waals surface area contributed by atoms with Crippen LogP contribution in [0.4, 0.5) is 8.78 Å². The number of nitrogens with one attached hydrogen (secondary N) is 2. The Morgan fingerprint density at radius 2 is 2.20 bits per heavy atom. The van der Waals surface area contributed by atoms with E-state index in [2.05, 4.69) is 19.7 Å². The molecular formula is C9H13F2N3O5S. The first kappa shape index (κ1) is 16.5. The van der Waals surface area contributed by atoms with Crippen molar-refractivity contribution in [3.63, 3.8) is 0 Å². The zero-order valence-electron chi connectivity index (χ0n) is 10.4. The van der Waals surface area contributed by atoms with Crippen molar-refractivity contribution >= 4 is 16.0 Å². The first-order chi connectivity index (χ1) is 9.25. The minimum Gasteiger partial charge on any atom is -0.476 e. The van der Waals surface area contributed by atoms with Crippen LogP contribution in [0.15, 0.2) is 4.90 Å². The summed E-state index contributed by atoms with van der Waals surface area (Å²) in [5.41, 5.74) is -0.577. The topological polar surface area (TPSA) is 121 Å². The molecule has 11 heteroatoms. The Bertz CT molecular complexity index is 572. The van der Waals surface area contributed by atoms with Crippen molar-refractivity contribution in [1.29, 1.82) is 0 Å². The fourth-order valence-electron chi connectivity index (χ4n) is 1.39. The van der Waals surface area contributed by atoms with Crippen molar-refractivity contribution in [2.45, 2.75) is 18.2 Å². The third kappa shape index (κ3) is 4.21. The zero-order valence-corrected chi connectivity index (χ0v) is 11.2. The van der Waals surface area contributed by atoms with Crippen molar-refractivity contribution in [2.24, 2.45) is 0 Å². The molecule has 0 aliphatic carbocycles. The first-order valence-corrected chi connectivity index (χ1v) is 6.88. The summed E-state index contributed by atoms with van der Waals surface area (Å²) >= 11 is 0. The van der Waals surface area contributed by atoms with Gasteiger partial charge in [0, 0.05) is 6.54 Å². The summed E-state index contributed by atoms with van der Waals surface area (Å²) in [5, 5.41) is 14.5. The van der Waals surface area contributed by atoms with Gasteiger partial charge in [0.2, 0.25) is 10.0 Å². The molecule has 114 valence electrons. The Morgan fingerprint density at radius 3 is 2.75 bits per heavy atom. The molecule has 0 unspecified atom stereocenters. The average Bonchev–Trinajstić information content (AvgIpc) is 2.71. The number of hydrogen-bond acceptors (Lipinski definition) is 5. The lowest BCUT2D eigenvalue weighted by atomic mass is 10.4. The number of aromatic amines is 1. The molecule has 0 aromatic carbocycles. The maximum absolute atomic E-state index is 11.9. The highest BCUT2D eigenvalue weighted by molar-refractivity contribution is 7.89. The van der Waals surface area contributed by atoms with Crippen LogP contribution in [0, 0.1) is 6.92 Å². The second kappa shape index (κ2) is 6.72. The van der Waals surface area contributed by atoms with Gasteiger partial charge < -0.3 is 9.84 Å². The van der Waals surface area contributed by atoms with E-state index in [9.17, 15) is 22.0 Å². The van der Waals surface area contributed by atoms with Crippen molar-refractivity contribution in [3.8, 4) is 0 Å². The fraction of sp³-hybridized carbons (Fsp3) is 0.556. The molecule has 0 aliphatic heterocycles. The number of carboxylic acid groups (broad SMARTS) is 1. The van der Waals surface area contributed by atoms with Crippen molar-refractivity contribution in [3.05, 3.63) is 11.4 Å².